The molecule has 1 aromatic carbocycles. The number of nitrogens with one attached hydrogen (secondary N) is 3. The van der Waals surface area contributed by atoms with Crippen molar-refractivity contribution in [3.63, 3.8) is 0 Å². The van der Waals surface area contributed by atoms with Crippen LogP contribution in [0.1, 0.15) is 35.7 Å². The first-order valence-corrected chi connectivity index (χ1v) is 11.7. The van der Waals surface area contributed by atoms with Crippen molar-refractivity contribution in [1.82, 2.24) is 25.8 Å². The number of carbonyl (C=O) groups excluding carboxylic acids is 4. The molecule has 192 valence electrons. The number of amides is 4. The number of nitrogens with two attached hydrogens (primary N) is 1. The number of nitrogens with zero attached hydrogens (tertiary/aromatic N) is 2. The Kier molecular flexibility index (Phi) is 9.07. The molecule has 10 nitrogen and oxygen atoms in total. The summed E-state index contributed by atoms with van der Waals surface area (Å²) in [5.74, 6) is -2.32. The van der Waals surface area contributed by atoms with Gasteiger partial charge in [-0.3, -0.25) is 24.2 Å². The van der Waals surface area contributed by atoms with E-state index in [2.05, 4.69) is 20.9 Å². The largest absolute Gasteiger partial charge is 0.368 e. The number of pyridine rings is 1. The zero-order valence-corrected chi connectivity index (χ0v) is 20.2. The Bertz CT molecular complexity index is 1080. The molecule has 1 saturated heterocycles. The van der Waals surface area contributed by atoms with Crippen molar-refractivity contribution in [1.29, 1.82) is 0 Å². The molecule has 1 aliphatic rings. The molecule has 36 heavy (non-hydrogen) atoms. The van der Waals surface area contributed by atoms with E-state index in [1.165, 1.54) is 41.6 Å². The van der Waals surface area contributed by atoms with E-state index in [0.29, 0.717) is 17.5 Å². The van der Waals surface area contributed by atoms with Crippen LogP contribution in [0.5, 0.6) is 0 Å². The lowest BCUT2D eigenvalue weighted by molar-refractivity contribution is -0.144. The SMILES string of the molecule is CNC(C)C(=O)N1CCC(NC(=O)c2ccncc2)CC1C(=O)NC(Cc1ccc(F)cc1)C(N)=O. The molecule has 4 amide bonds. The number of rotatable bonds is 9. The van der Waals surface area contributed by atoms with Crippen LogP contribution in [0.4, 0.5) is 4.39 Å². The van der Waals surface area contributed by atoms with Gasteiger partial charge in [0.1, 0.15) is 17.9 Å². The summed E-state index contributed by atoms with van der Waals surface area (Å²) < 4.78 is 13.2. The van der Waals surface area contributed by atoms with E-state index in [1.807, 2.05) is 0 Å². The highest BCUT2D eigenvalue weighted by atomic mass is 19.1. The quantitative estimate of drug-likeness (QED) is 0.387. The first kappa shape index (κ1) is 26.7. The molecule has 0 aliphatic carbocycles. The van der Waals surface area contributed by atoms with Crippen molar-refractivity contribution in [3.05, 3.63) is 65.7 Å². The number of likely N-dealkylation sites (tertiary alicyclic amines) is 1. The minimum atomic E-state index is -1.06. The van der Waals surface area contributed by atoms with E-state index in [-0.39, 0.29) is 37.2 Å². The standard InChI is InChI=1S/C25H31FN6O4/c1-15(28-2)25(36)32-12-9-19(30-23(34)17-7-10-29-11-8-17)14-21(32)24(35)31-20(22(27)33)13-16-3-5-18(26)6-4-16/h3-8,10-11,15,19-21,28H,9,12-14H2,1-2H3,(H2,27,33)(H,30,34)(H,31,35). The molecule has 11 heteroatoms. The van der Waals surface area contributed by atoms with E-state index < -0.39 is 35.8 Å². The second-order valence-corrected chi connectivity index (χ2v) is 8.78. The van der Waals surface area contributed by atoms with Crippen molar-refractivity contribution in [2.75, 3.05) is 13.6 Å². The third-order valence-corrected chi connectivity index (χ3v) is 6.28. The smallest absolute Gasteiger partial charge is 0.251 e. The summed E-state index contributed by atoms with van der Waals surface area (Å²) in [5, 5.41) is 8.45. The van der Waals surface area contributed by atoms with Crippen LogP contribution in [0.15, 0.2) is 48.8 Å². The fraction of sp³-hybridized carbons (Fsp3) is 0.400. The van der Waals surface area contributed by atoms with Crippen LogP contribution in [0, 0.1) is 5.82 Å². The van der Waals surface area contributed by atoms with Crippen molar-refractivity contribution in [2.24, 2.45) is 5.73 Å². The summed E-state index contributed by atoms with van der Waals surface area (Å²) in [7, 11) is 1.64. The van der Waals surface area contributed by atoms with Crippen molar-refractivity contribution in [2.45, 2.75) is 50.4 Å². The predicted molar refractivity (Wildman–Crippen MR) is 130 cm³/mol. The molecule has 0 bridgehead atoms. The molecule has 2 aromatic rings. The molecule has 0 spiro atoms. The van der Waals surface area contributed by atoms with E-state index in [0.717, 1.165) is 0 Å². The van der Waals surface area contributed by atoms with Crippen molar-refractivity contribution in [3.8, 4) is 0 Å². The minimum absolute atomic E-state index is 0.0666. The van der Waals surface area contributed by atoms with Crippen molar-refractivity contribution < 1.29 is 23.6 Å². The fourth-order valence-electron chi connectivity index (χ4n) is 4.10. The number of benzene rings is 1. The summed E-state index contributed by atoms with van der Waals surface area (Å²) in [5.41, 5.74) is 6.58. The predicted octanol–water partition coefficient (Wildman–Crippen LogP) is 0.131. The molecule has 4 unspecified atom stereocenters. The third kappa shape index (κ3) is 6.85. The molecule has 0 saturated carbocycles. The number of halogens is 1. The van der Waals surface area contributed by atoms with Gasteiger partial charge in [0, 0.05) is 37.0 Å². The first-order valence-electron chi connectivity index (χ1n) is 11.7. The van der Waals surface area contributed by atoms with Crippen LogP contribution < -0.4 is 21.7 Å². The van der Waals surface area contributed by atoms with Gasteiger partial charge in [-0.2, -0.15) is 0 Å². The molecule has 0 radical (unpaired) electrons. The Balaban J connectivity index is 1.76. The van der Waals surface area contributed by atoms with Gasteiger partial charge >= 0.3 is 0 Å². The Morgan fingerprint density at radius 1 is 1.14 bits per heavy atom. The van der Waals surface area contributed by atoms with E-state index in [1.54, 1.807) is 26.1 Å². The van der Waals surface area contributed by atoms with Crippen LogP contribution in [-0.2, 0) is 20.8 Å². The highest BCUT2D eigenvalue weighted by Crippen LogP contribution is 2.20. The number of aromatic nitrogens is 1. The number of likely N-dealkylation sites (N-methyl/N-ethyl adjacent to an activating group) is 1. The number of carbonyl (C=O) groups is 4. The highest BCUT2D eigenvalue weighted by Gasteiger charge is 2.39. The fourth-order valence-corrected chi connectivity index (χ4v) is 4.10. The van der Waals surface area contributed by atoms with Gasteiger partial charge in [-0.15, -0.1) is 0 Å². The van der Waals surface area contributed by atoms with E-state index in [4.69, 9.17) is 5.73 Å². The topological polar surface area (TPSA) is 147 Å². The van der Waals surface area contributed by atoms with Crippen LogP contribution in [-0.4, -0.2) is 71.3 Å². The maximum Gasteiger partial charge on any atom is 0.251 e. The number of primary amides is 1. The average Bonchev–Trinajstić information content (AvgIpc) is 2.88. The Labute approximate surface area is 208 Å². The molecule has 3 rings (SSSR count). The zero-order chi connectivity index (χ0) is 26.2. The average molecular weight is 499 g/mol. The first-order chi connectivity index (χ1) is 17.2. The van der Waals surface area contributed by atoms with E-state index in [9.17, 15) is 23.6 Å². The van der Waals surface area contributed by atoms with Gasteiger partial charge in [0.25, 0.3) is 5.91 Å². The number of piperidine rings is 1. The maximum atomic E-state index is 13.4. The van der Waals surface area contributed by atoms with Gasteiger partial charge < -0.3 is 26.6 Å². The van der Waals surface area contributed by atoms with Gasteiger partial charge in [0.15, 0.2) is 0 Å². The molecule has 1 aliphatic heterocycles. The van der Waals surface area contributed by atoms with Gasteiger partial charge in [0.2, 0.25) is 17.7 Å². The Morgan fingerprint density at radius 2 is 1.81 bits per heavy atom. The summed E-state index contributed by atoms with van der Waals surface area (Å²) in [6, 6.07) is 5.79. The maximum absolute atomic E-state index is 13.4. The number of hydrogen-bond donors (Lipinski definition) is 4. The van der Waals surface area contributed by atoms with Gasteiger partial charge in [-0.1, -0.05) is 12.1 Å². The summed E-state index contributed by atoms with van der Waals surface area (Å²) in [6.45, 7) is 1.93. The van der Waals surface area contributed by atoms with Gasteiger partial charge in [-0.25, -0.2) is 4.39 Å². The third-order valence-electron chi connectivity index (χ3n) is 6.28. The van der Waals surface area contributed by atoms with Crippen molar-refractivity contribution >= 4 is 23.6 Å². The summed E-state index contributed by atoms with van der Waals surface area (Å²) in [4.78, 5) is 56.5. The molecule has 1 fully saturated rings. The Morgan fingerprint density at radius 3 is 2.42 bits per heavy atom. The minimum Gasteiger partial charge on any atom is -0.368 e. The van der Waals surface area contributed by atoms with E-state index >= 15 is 0 Å². The lowest BCUT2D eigenvalue weighted by atomic mass is 9.94. The molecular weight excluding hydrogens is 467 g/mol. The second-order valence-electron chi connectivity index (χ2n) is 8.78. The molecule has 5 N–H and O–H groups in total. The van der Waals surface area contributed by atoms with Crippen LogP contribution in [0.3, 0.4) is 0 Å². The highest BCUT2D eigenvalue weighted by molar-refractivity contribution is 5.95. The van der Waals surface area contributed by atoms with Crippen LogP contribution in [0.2, 0.25) is 0 Å². The monoisotopic (exact) mass is 498 g/mol. The molecule has 2 heterocycles. The Hall–Kier alpha value is -3.86. The summed E-state index contributed by atoms with van der Waals surface area (Å²) >= 11 is 0. The lowest BCUT2D eigenvalue weighted by Gasteiger charge is -2.40. The molecular formula is C25H31FN6O4. The van der Waals surface area contributed by atoms with Gasteiger partial charge in [0.05, 0.1) is 6.04 Å². The van der Waals surface area contributed by atoms with Gasteiger partial charge in [-0.05, 0) is 56.6 Å². The summed E-state index contributed by atoms with van der Waals surface area (Å²) in [6.07, 6.45) is 3.70. The zero-order valence-electron chi connectivity index (χ0n) is 20.2. The van der Waals surface area contributed by atoms with Crippen LogP contribution in [0.25, 0.3) is 0 Å². The number of hydrogen-bond acceptors (Lipinski definition) is 6. The second kappa shape index (κ2) is 12.2. The van der Waals surface area contributed by atoms with Crippen LogP contribution >= 0.6 is 0 Å². The lowest BCUT2D eigenvalue weighted by Crippen LogP contribution is -2.61. The normalized spacial score (nSPS) is 19.1. The molecule has 4 atom stereocenters. The molecule has 1 aromatic heterocycles.